The van der Waals surface area contributed by atoms with Crippen LogP contribution in [0.2, 0.25) is 0 Å². The summed E-state index contributed by atoms with van der Waals surface area (Å²) in [5, 5.41) is 24.3. The fourth-order valence-corrected chi connectivity index (χ4v) is 10.2. The van der Waals surface area contributed by atoms with Crippen LogP contribution in [0.15, 0.2) is 101 Å². The van der Waals surface area contributed by atoms with E-state index in [-0.39, 0.29) is 62.3 Å². The molecule has 374 valence electrons. The first kappa shape index (κ1) is 50.6. The summed E-state index contributed by atoms with van der Waals surface area (Å²) in [6, 6.07) is 26.2. The Hall–Kier alpha value is -6.74. The lowest BCUT2D eigenvalue weighted by atomic mass is 9.85. The molecule has 2 saturated heterocycles. The monoisotopic (exact) mass is 1000 g/mol. The molecule has 2 fully saturated rings. The number of aliphatic hydroxyl groups excluding tert-OH is 1. The van der Waals surface area contributed by atoms with Gasteiger partial charge in [-0.15, -0.1) is 16.4 Å². The van der Waals surface area contributed by atoms with Crippen LogP contribution in [-0.2, 0) is 40.3 Å². The number of hydrogen-bond donors (Lipinski definition) is 4. The van der Waals surface area contributed by atoms with Gasteiger partial charge >= 0.3 is 0 Å². The number of hydrogen-bond acceptors (Lipinski definition) is 14. The van der Waals surface area contributed by atoms with E-state index in [1.807, 2.05) is 105 Å². The summed E-state index contributed by atoms with van der Waals surface area (Å²) >= 11 is 1.57. The van der Waals surface area contributed by atoms with Crippen LogP contribution in [0.3, 0.4) is 0 Å². The normalized spacial score (nSPS) is 16.8. The zero-order chi connectivity index (χ0) is 50.5. The average molecular weight is 1010 g/mol. The van der Waals surface area contributed by atoms with Gasteiger partial charge in [0.1, 0.15) is 12.1 Å². The second kappa shape index (κ2) is 21.7. The Morgan fingerprint density at radius 3 is 2.24 bits per heavy atom. The van der Waals surface area contributed by atoms with E-state index in [1.165, 1.54) is 11.2 Å². The van der Waals surface area contributed by atoms with Gasteiger partial charge in [0, 0.05) is 75.3 Å². The van der Waals surface area contributed by atoms with Gasteiger partial charge in [0.2, 0.25) is 29.6 Å². The van der Waals surface area contributed by atoms with E-state index in [1.54, 1.807) is 40.1 Å². The van der Waals surface area contributed by atoms with Gasteiger partial charge in [-0.3, -0.25) is 19.2 Å². The predicted molar refractivity (Wildman–Crippen MR) is 272 cm³/mol. The number of sulfone groups is 1. The summed E-state index contributed by atoms with van der Waals surface area (Å²) in [7, 11) is -3.31. The van der Waals surface area contributed by atoms with Crippen molar-refractivity contribution in [1.82, 2.24) is 40.0 Å². The summed E-state index contributed by atoms with van der Waals surface area (Å²) in [5.41, 5.74) is 8.00. The Bertz CT molecular complexity index is 2960. The zero-order valence-electron chi connectivity index (χ0n) is 40.5. The van der Waals surface area contributed by atoms with E-state index in [0.29, 0.717) is 37.8 Å². The molecular formula is C51H60N10O8S2. The molecule has 0 spiro atoms. The van der Waals surface area contributed by atoms with Crippen LogP contribution in [0.25, 0.3) is 27.3 Å². The van der Waals surface area contributed by atoms with E-state index in [0.717, 1.165) is 44.3 Å². The second-order valence-corrected chi connectivity index (χ2v) is 21.9. The standard InChI is InChI=1S/C51H60N10O8S2/c1-33-46(70-32-53-33)36-11-9-34(10-12-36)30-52-48(65)42-29-39(62)31-60(42)49(66)47(51(2,3)4)56-44(63)21-27-69-28-22-45(64)59-25-23-58(24-26-59)38-17-15-37(16-18-38)54-50-55-43-8-6-7-41(61(43)57-50)35-13-19-40(20-14-35)71(5,67)68/h6-20,32,39,42,47,62H,21-31H2,1-5H3,(H,52,65)(H,54,57)(H,56,63). The van der Waals surface area contributed by atoms with Crippen molar-refractivity contribution in [3.05, 3.63) is 108 Å². The molecule has 4 N–H and O–H groups in total. The fourth-order valence-electron chi connectivity index (χ4n) is 8.75. The van der Waals surface area contributed by atoms with Crippen LogP contribution in [0, 0.1) is 12.3 Å². The third-order valence-corrected chi connectivity index (χ3v) is 14.8. The maximum atomic E-state index is 14.0. The van der Waals surface area contributed by atoms with Crippen LogP contribution in [0.5, 0.6) is 0 Å². The number of ether oxygens (including phenoxy) is 1. The Kier molecular flexibility index (Phi) is 15.5. The number of rotatable bonds is 17. The molecule has 71 heavy (non-hydrogen) atoms. The first-order valence-corrected chi connectivity index (χ1v) is 26.4. The lowest BCUT2D eigenvalue weighted by Gasteiger charge is -2.36. The maximum Gasteiger partial charge on any atom is 0.247 e. The van der Waals surface area contributed by atoms with Crippen LogP contribution < -0.4 is 20.9 Å². The second-order valence-electron chi connectivity index (χ2n) is 19.0. The summed E-state index contributed by atoms with van der Waals surface area (Å²) in [5.74, 6) is -0.849. The number of aliphatic hydroxyl groups is 1. The molecule has 8 rings (SSSR count). The van der Waals surface area contributed by atoms with Crippen molar-refractivity contribution < 1.29 is 37.4 Å². The molecule has 0 bridgehead atoms. The largest absolute Gasteiger partial charge is 0.391 e. The Morgan fingerprint density at radius 1 is 0.887 bits per heavy atom. The number of nitrogens with zero attached hydrogens (tertiary/aromatic N) is 7. The average Bonchev–Trinajstić information content (AvgIpc) is 4.09. The number of likely N-dealkylation sites (tertiary alicyclic amines) is 1. The third kappa shape index (κ3) is 12.4. The first-order valence-electron chi connectivity index (χ1n) is 23.6. The molecule has 3 aromatic heterocycles. The maximum absolute atomic E-state index is 14.0. The molecule has 20 heteroatoms. The Morgan fingerprint density at radius 2 is 1.58 bits per heavy atom. The van der Waals surface area contributed by atoms with Crippen LogP contribution in [0.1, 0.15) is 51.3 Å². The summed E-state index contributed by atoms with van der Waals surface area (Å²) in [6.07, 6.45) is 0.518. The Balaban J connectivity index is 0.747. The highest BCUT2D eigenvalue weighted by atomic mass is 32.2. The van der Waals surface area contributed by atoms with E-state index in [4.69, 9.17) is 4.74 Å². The molecule has 3 aromatic carbocycles. The van der Waals surface area contributed by atoms with Crippen molar-refractivity contribution in [2.45, 2.75) is 76.6 Å². The minimum Gasteiger partial charge on any atom is -0.391 e. The number of benzene rings is 3. The van der Waals surface area contributed by atoms with E-state index < -0.39 is 45.3 Å². The number of nitrogens with one attached hydrogen (secondary N) is 3. The number of fused-ring (bicyclic) bond motifs is 1. The number of pyridine rings is 1. The molecule has 2 aliphatic rings. The molecule has 5 heterocycles. The summed E-state index contributed by atoms with van der Waals surface area (Å²) in [6.45, 7) is 10.3. The van der Waals surface area contributed by atoms with Gasteiger partial charge in [0.15, 0.2) is 15.5 Å². The summed E-state index contributed by atoms with van der Waals surface area (Å²) < 4.78 is 31.3. The van der Waals surface area contributed by atoms with Crippen molar-refractivity contribution in [2.75, 3.05) is 62.4 Å². The predicted octanol–water partition coefficient (Wildman–Crippen LogP) is 5.23. The molecule has 3 unspecified atom stereocenters. The molecule has 0 saturated carbocycles. The van der Waals surface area contributed by atoms with Gasteiger partial charge in [-0.1, -0.05) is 63.2 Å². The minimum atomic E-state index is -3.31. The van der Waals surface area contributed by atoms with Crippen molar-refractivity contribution in [3.8, 4) is 21.7 Å². The van der Waals surface area contributed by atoms with Crippen molar-refractivity contribution in [3.63, 3.8) is 0 Å². The number of anilines is 3. The molecule has 3 atom stereocenters. The molecular weight excluding hydrogens is 945 g/mol. The first-order chi connectivity index (χ1) is 33.9. The highest BCUT2D eigenvalue weighted by Gasteiger charge is 2.44. The van der Waals surface area contributed by atoms with Gasteiger partial charge in [0.05, 0.1) is 52.4 Å². The number of carbonyl (C=O) groups is 4. The van der Waals surface area contributed by atoms with Gasteiger partial charge in [-0.05, 0) is 72.0 Å². The molecule has 6 aromatic rings. The molecule has 18 nitrogen and oxygen atoms in total. The smallest absolute Gasteiger partial charge is 0.247 e. The van der Waals surface area contributed by atoms with Crippen LogP contribution in [0.4, 0.5) is 17.3 Å². The topological polar surface area (TPSA) is 221 Å². The molecule has 2 aliphatic heterocycles. The van der Waals surface area contributed by atoms with Crippen molar-refractivity contribution in [2.24, 2.45) is 5.41 Å². The number of carbonyl (C=O) groups excluding carboxylic acids is 4. The summed E-state index contributed by atoms with van der Waals surface area (Å²) in [4.78, 5) is 69.5. The lowest BCUT2D eigenvalue weighted by molar-refractivity contribution is -0.144. The number of piperazine rings is 1. The van der Waals surface area contributed by atoms with Crippen molar-refractivity contribution in [1.29, 1.82) is 0 Å². The quantitative estimate of drug-likeness (QED) is 0.0862. The van der Waals surface area contributed by atoms with E-state index in [2.05, 4.69) is 35.9 Å². The molecule has 0 radical (unpaired) electrons. The highest BCUT2D eigenvalue weighted by molar-refractivity contribution is 7.90. The van der Waals surface area contributed by atoms with E-state index in [9.17, 15) is 32.7 Å². The number of aromatic nitrogens is 4. The number of thiazole rings is 1. The number of amides is 4. The van der Waals surface area contributed by atoms with Gasteiger partial charge in [-0.2, -0.15) is 4.98 Å². The fraction of sp³-hybridized carbons (Fsp3) is 0.392. The van der Waals surface area contributed by atoms with Crippen molar-refractivity contribution >= 4 is 67.8 Å². The van der Waals surface area contributed by atoms with Crippen LogP contribution >= 0.6 is 11.3 Å². The minimum absolute atomic E-state index is 0.0249. The van der Waals surface area contributed by atoms with Gasteiger partial charge < -0.3 is 40.5 Å². The van der Waals surface area contributed by atoms with Crippen LogP contribution in [-0.4, -0.2) is 137 Å². The third-order valence-electron chi connectivity index (χ3n) is 12.7. The number of aryl methyl sites for hydroxylation is 1. The van der Waals surface area contributed by atoms with Gasteiger partial charge in [-0.25, -0.2) is 17.9 Å². The SMILES string of the molecule is Cc1ncsc1-c1ccc(CNC(=O)C2CC(O)CN2C(=O)C(NC(=O)CCOCCC(=O)N2CCN(c3ccc(Nc4nc5cccc(-c6ccc(S(C)(=O)=O)cc6)n5n4)cc3)CC2)C(C)(C)C)cc1. The van der Waals surface area contributed by atoms with Gasteiger partial charge in [0.25, 0.3) is 0 Å². The highest BCUT2D eigenvalue weighted by Crippen LogP contribution is 2.30. The zero-order valence-corrected chi connectivity index (χ0v) is 42.1. The molecule has 0 aliphatic carbocycles. The number of β-amino-alcohol motifs (C(OH)–C–C–N with tert-alkyl or cyclic N) is 1. The Labute approximate surface area is 417 Å². The lowest BCUT2D eigenvalue weighted by Crippen LogP contribution is -2.57. The molecule has 4 amide bonds. The van der Waals surface area contributed by atoms with E-state index >= 15 is 0 Å².